The Hall–Kier alpha value is -3.00. The summed E-state index contributed by atoms with van der Waals surface area (Å²) in [7, 11) is 2.04. The summed E-state index contributed by atoms with van der Waals surface area (Å²) in [5, 5.41) is 8.51. The van der Waals surface area contributed by atoms with Crippen molar-refractivity contribution in [2.75, 3.05) is 6.54 Å². The summed E-state index contributed by atoms with van der Waals surface area (Å²) in [5.74, 6) is 0.886. The number of benzene rings is 2. The van der Waals surface area contributed by atoms with Crippen molar-refractivity contribution in [1.29, 1.82) is 0 Å². The smallest absolute Gasteiger partial charge is 0.256 e. The van der Waals surface area contributed by atoms with Gasteiger partial charge in [-0.25, -0.2) is 4.98 Å². The lowest BCUT2D eigenvalue weighted by atomic mass is 9.96. The summed E-state index contributed by atoms with van der Waals surface area (Å²) < 4.78 is 3.16. The molecule has 5 rings (SSSR count). The molecule has 164 valence electrons. The van der Waals surface area contributed by atoms with Gasteiger partial charge in [-0.15, -0.1) is 0 Å². The first-order valence-electron chi connectivity index (χ1n) is 10.7. The molecule has 8 heteroatoms. The number of nitrogens with zero attached hydrogens (tertiary/aromatic N) is 6. The SMILES string of the molecule is Cc1ccc(-n2nccn2)c(C(=O)N2CCC[C@@]2(C)c2nc3c(C)cc(Br)cc3n2C)c1. The third-order valence-corrected chi connectivity index (χ3v) is 6.98. The molecule has 0 unspecified atom stereocenters. The lowest BCUT2D eigenvalue weighted by molar-refractivity contribution is 0.0599. The van der Waals surface area contributed by atoms with E-state index in [1.165, 1.54) is 4.80 Å². The van der Waals surface area contributed by atoms with Gasteiger partial charge in [0, 0.05) is 18.1 Å². The minimum atomic E-state index is -0.512. The van der Waals surface area contributed by atoms with Gasteiger partial charge >= 0.3 is 0 Å². The fourth-order valence-electron chi connectivity index (χ4n) is 4.90. The Labute approximate surface area is 195 Å². The van der Waals surface area contributed by atoms with Gasteiger partial charge in [0.1, 0.15) is 5.82 Å². The molecule has 1 aliphatic rings. The van der Waals surface area contributed by atoms with Crippen LogP contribution in [0.4, 0.5) is 0 Å². The highest BCUT2D eigenvalue weighted by atomic mass is 79.9. The number of aryl methyl sites for hydroxylation is 3. The molecule has 0 spiro atoms. The summed E-state index contributed by atoms with van der Waals surface area (Å²) in [6, 6.07) is 9.98. The maximum absolute atomic E-state index is 14.0. The summed E-state index contributed by atoms with van der Waals surface area (Å²) in [5.41, 5.74) is 4.95. The van der Waals surface area contributed by atoms with E-state index in [1.807, 2.05) is 37.1 Å². The van der Waals surface area contributed by atoms with Crippen LogP contribution < -0.4 is 0 Å². The minimum absolute atomic E-state index is 0.0223. The van der Waals surface area contributed by atoms with E-state index in [0.717, 1.165) is 45.3 Å². The predicted octanol–water partition coefficient (Wildman–Crippen LogP) is 4.68. The highest BCUT2D eigenvalue weighted by Gasteiger charge is 2.45. The van der Waals surface area contributed by atoms with Gasteiger partial charge < -0.3 is 9.47 Å². The van der Waals surface area contributed by atoms with Gasteiger partial charge in [-0.05, 0) is 63.4 Å². The molecule has 1 atom stereocenters. The topological polar surface area (TPSA) is 68.8 Å². The molecule has 2 aromatic heterocycles. The molecule has 2 aromatic carbocycles. The zero-order valence-electron chi connectivity index (χ0n) is 18.6. The van der Waals surface area contributed by atoms with Crippen molar-refractivity contribution in [3.8, 4) is 5.69 Å². The molecule has 0 bridgehead atoms. The summed E-state index contributed by atoms with van der Waals surface area (Å²) in [4.78, 5) is 22.5. The second kappa shape index (κ2) is 7.55. The highest BCUT2D eigenvalue weighted by Crippen LogP contribution is 2.41. The van der Waals surface area contributed by atoms with Crippen molar-refractivity contribution >= 4 is 32.9 Å². The molecule has 0 saturated carbocycles. The van der Waals surface area contributed by atoms with Gasteiger partial charge in [0.25, 0.3) is 5.91 Å². The van der Waals surface area contributed by atoms with E-state index in [-0.39, 0.29) is 5.91 Å². The Bertz CT molecular complexity index is 1340. The van der Waals surface area contributed by atoms with Crippen molar-refractivity contribution < 1.29 is 4.79 Å². The van der Waals surface area contributed by atoms with Crippen LogP contribution in [0.15, 0.2) is 47.2 Å². The van der Waals surface area contributed by atoms with E-state index in [9.17, 15) is 4.79 Å². The number of rotatable bonds is 3. The van der Waals surface area contributed by atoms with Gasteiger partial charge in [-0.2, -0.15) is 15.0 Å². The second-order valence-corrected chi connectivity index (χ2v) is 9.67. The molecule has 32 heavy (non-hydrogen) atoms. The van der Waals surface area contributed by atoms with Crippen molar-refractivity contribution in [3.63, 3.8) is 0 Å². The van der Waals surface area contributed by atoms with Crippen molar-refractivity contribution in [2.24, 2.45) is 7.05 Å². The monoisotopic (exact) mass is 492 g/mol. The molecule has 0 N–H and O–H groups in total. The zero-order valence-corrected chi connectivity index (χ0v) is 20.2. The van der Waals surface area contributed by atoms with Gasteiger partial charge in [0.2, 0.25) is 0 Å². The van der Waals surface area contributed by atoms with E-state index in [2.05, 4.69) is 56.7 Å². The zero-order chi connectivity index (χ0) is 22.6. The molecule has 1 saturated heterocycles. The number of likely N-dealkylation sites (tertiary alicyclic amines) is 1. The lowest BCUT2D eigenvalue weighted by Crippen LogP contribution is -2.44. The minimum Gasteiger partial charge on any atom is -0.329 e. The summed E-state index contributed by atoms with van der Waals surface area (Å²) in [6.45, 7) is 6.87. The van der Waals surface area contributed by atoms with Crippen LogP contribution in [0, 0.1) is 13.8 Å². The fraction of sp³-hybridized carbons (Fsp3) is 0.333. The fourth-order valence-corrected chi connectivity index (χ4v) is 5.46. The molecule has 1 amide bonds. The molecular weight excluding hydrogens is 468 g/mol. The van der Waals surface area contributed by atoms with Gasteiger partial charge in [0.05, 0.1) is 40.2 Å². The number of hydrogen-bond acceptors (Lipinski definition) is 4. The third-order valence-electron chi connectivity index (χ3n) is 6.53. The highest BCUT2D eigenvalue weighted by molar-refractivity contribution is 9.10. The van der Waals surface area contributed by atoms with E-state index in [4.69, 9.17) is 4.98 Å². The van der Waals surface area contributed by atoms with Crippen LogP contribution in [-0.2, 0) is 12.6 Å². The number of halogens is 1. The second-order valence-electron chi connectivity index (χ2n) is 8.76. The Morgan fingerprint density at radius 3 is 2.62 bits per heavy atom. The molecule has 3 heterocycles. The number of fused-ring (bicyclic) bond motifs is 1. The van der Waals surface area contributed by atoms with Crippen LogP contribution in [0.3, 0.4) is 0 Å². The van der Waals surface area contributed by atoms with Crippen LogP contribution in [0.25, 0.3) is 16.7 Å². The summed E-state index contributed by atoms with van der Waals surface area (Å²) in [6.07, 6.45) is 5.02. The standard InChI is InChI=1S/C24H25BrN6O/c1-15-6-7-19(31-26-9-10-27-31)18(12-15)22(32)30-11-5-8-24(30,3)23-28-21-16(2)13-17(25)14-20(21)29(23)4/h6-7,9-10,12-14H,5,8,11H2,1-4H3/t24-/m0/s1. The Morgan fingerprint density at radius 2 is 1.88 bits per heavy atom. The van der Waals surface area contributed by atoms with Gasteiger partial charge in [0.15, 0.2) is 0 Å². The van der Waals surface area contributed by atoms with Crippen LogP contribution in [0.5, 0.6) is 0 Å². The Balaban J connectivity index is 1.63. The van der Waals surface area contributed by atoms with Crippen molar-refractivity contribution in [2.45, 2.75) is 39.2 Å². The number of carbonyl (C=O) groups excluding carboxylic acids is 1. The van der Waals surface area contributed by atoms with Crippen LogP contribution in [0.2, 0.25) is 0 Å². The van der Waals surface area contributed by atoms with Crippen LogP contribution in [-0.4, -0.2) is 41.9 Å². The number of carbonyl (C=O) groups is 1. The van der Waals surface area contributed by atoms with E-state index >= 15 is 0 Å². The van der Waals surface area contributed by atoms with Gasteiger partial charge in [-0.1, -0.05) is 27.6 Å². The Kier molecular flexibility index (Phi) is 4.93. The molecule has 7 nitrogen and oxygen atoms in total. The van der Waals surface area contributed by atoms with Gasteiger partial charge in [-0.3, -0.25) is 4.79 Å². The molecule has 1 fully saturated rings. The molecular formula is C24H25BrN6O. The number of imidazole rings is 1. The molecule has 4 aromatic rings. The quantitative estimate of drug-likeness (QED) is 0.416. The number of amides is 1. The van der Waals surface area contributed by atoms with Crippen LogP contribution >= 0.6 is 15.9 Å². The summed E-state index contributed by atoms with van der Waals surface area (Å²) >= 11 is 3.60. The van der Waals surface area contributed by atoms with E-state index < -0.39 is 5.54 Å². The maximum Gasteiger partial charge on any atom is 0.256 e. The number of hydrogen-bond donors (Lipinski definition) is 0. The normalized spacial score (nSPS) is 18.6. The molecule has 1 aliphatic heterocycles. The molecule has 0 aliphatic carbocycles. The molecule has 0 radical (unpaired) electrons. The Morgan fingerprint density at radius 1 is 1.12 bits per heavy atom. The van der Waals surface area contributed by atoms with Crippen molar-refractivity contribution in [3.05, 3.63) is 69.7 Å². The largest absolute Gasteiger partial charge is 0.329 e. The lowest BCUT2D eigenvalue weighted by Gasteiger charge is -2.35. The third kappa shape index (κ3) is 3.16. The van der Waals surface area contributed by atoms with Crippen molar-refractivity contribution in [1.82, 2.24) is 29.4 Å². The van der Waals surface area contributed by atoms with Crippen LogP contribution in [0.1, 0.15) is 47.1 Å². The first kappa shape index (κ1) is 20.9. The predicted molar refractivity (Wildman–Crippen MR) is 127 cm³/mol. The average molecular weight is 493 g/mol. The first-order chi connectivity index (χ1) is 15.3. The first-order valence-corrected chi connectivity index (χ1v) is 11.5. The number of aromatic nitrogens is 5. The van der Waals surface area contributed by atoms with E-state index in [0.29, 0.717) is 17.8 Å². The maximum atomic E-state index is 14.0. The average Bonchev–Trinajstić information content (AvgIpc) is 3.48. The van der Waals surface area contributed by atoms with E-state index in [1.54, 1.807) is 12.4 Å².